The van der Waals surface area contributed by atoms with Crippen molar-refractivity contribution in [3.05, 3.63) is 0 Å². The van der Waals surface area contributed by atoms with Crippen molar-refractivity contribution in [2.75, 3.05) is 19.6 Å². The minimum atomic E-state index is -1.08. The van der Waals surface area contributed by atoms with Gasteiger partial charge in [-0.15, -0.1) is 0 Å². The first kappa shape index (κ1) is 40.7. The van der Waals surface area contributed by atoms with Crippen LogP contribution in [0, 0.1) is 5.41 Å². The van der Waals surface area contributed by atoms with E-state index in [2.05, 4.69) is 38.2 Å². The van der Waals surface area contributed by atoms with Gasteiger partial charge in [-0.1, -0.05) is 45.4 Å². The van der Waals surface area contributed by atoms with Crippen molar-refractivity contribution >= 4 is 41.5 Å². The van der Waals surface area contributed by atoms with E-state index in [1.54, 1.807) is 0 Å². The molecular formula is C28H57N13O4. The summed E-state index contributed by atoms with van der Waals surface area (Å²) < 4.78 is 0. The van der Waals surface area contributed by atoms with Gasteiger partial charge in [-0.05, 0) is 44.9 Å². The van der Waals surface area contributed by atoms with Crippen molar-refractivity contribution < 1.29 is 19.2 Å². The summed E-state index contributed by atoms with van der Waals surface area (Å²) in [5, 5.41) is 18.1. The van der Waals surface area contributed by atoms with E-state index in [1.807, 2.05) is 0 Å². The highest BCUT2D eigenvalue weighted by Gasteiger charge is 2.28. The van der Waals surface area contributed by atoms with Crippen LogP contribution in [-0.2, 0) is 19.2 Å². The summed E-state index contributed by atoms with van der Waals surface area (Å²) in [6, 6.07) is -3.06. The van der Waals surface area contributed by atoms with Crippen LogP contribution in [0.2, 0.25) is 0 Å². The molecule has 0 aromatic heterocycles. The molecule has 0 saturated carbocycles. The first-order valence-corrected chi connectivity index (χ1v) is 15.7. The average Bonchev–Trinajstić information content (AvgIpc) is 2.96. The second kappa shape index (κ2) is 25.1. The Balaban J connectivity index is 5.54. The minimum Gasteiger partial charge on any atom is -0.370 e. The molecule has 0 unspecified atom stereocenters. The molecule has 17 N–H and O–H groups in total. The Morgan fingerprint density at radius 2 is 1.09 bits per heavy atom. The van der Waals surface area contributed by atoms with Gasteiger partial charge in [0, 0.05) is 26.1 Å². The largest absolute Gasteiger partial charge is 0.370 e. The summed E-state index contributed by atoms with van der Waals surface area (Å²) in [4.78, 5) is 59.3. The number of carbonyl (C=O) groups is 4. The van der Waals surface area contributed by atoms with E-state index in [4.69, 9.17) is 39.8 Å². The van der Waals surface area contributed by atoms with Gasteiger partial charge in [-0.25, -0.2) is 0 Å². The quantitative estimate of drug-likeness (QED) is 0.0293. The summed E-state index contributed by atoms with van der Waals surface area (Å²) in [6.45, 7) is 2.91. The van der Waals surface area contributed by atoms with Crippen LogP contribution in [0.4, 0.5) is 0 Å². The number of carbonyl (C=O) groups excluding carboxylic acids is 4. The zero-order valence-corrected chi connectivity index (χ0v) is 26.7. The van der Waals surface area contributed by atoms with Gasteiger partial charge in [0.15, 0.2) is 17.9 Å². The predicted octanol–water partition coefficient (Wildman–Crippen LogP) is -1.56. The number of nitrogens with zero attached hydrogens (tertiary/aromatic N) is 2. The van der Waals surface area contributed by atoms with E-state index in [0.29, 0.717) is 25.7 Å². The second-order valence-corrected chi connectivity index (χ2v) is 10.9. The molecule has 45 heavy (non-hydrogen) atoms. The maximum Gasteiger partial charge on any atom is 0.243 e. The monoisotopic (exact) mass is 639 g/mol. The Hall–Kier alpha value is -4.31. The van der Waals surface area contributed by atoms with Gasteiger partial charge in [-0.2, -0.15) is 0 Å². The van der Waals surface area contributed by atoms with Crippen LogP contribution >= 0.6 is 0 Å². The molecular weight excluding hydrogens is 582 g/mol. The van der Waals surface area contributed by atoms with Gasteiger partial charge < -0.3 is 55.7 Å². The first-order valence-electron chi connectivity index (χ1n) is 15.7. The number of aliphatic imine (C=N–C) groups is 2. The van der Waals surface area contributed by atoms with Gasteiger partial charge in [0.2, 0.25) is 23.6 Å². The fourth-order valence-electron chi connectivity index (χ4n) is 4.41. The molecule has 0 fully saturated rings. The minimum absolute atomic E-state index is 0.0859. The standard InChI is InChI=1S/C28H57N13O4/c1-2-3-4-5-6-7-8-15-22(42)39-20(13-10-17-37-27(32)33)24(44)41-21(14-11-18-38-28(34)35)25(45)40-19(23(29)43)12-9-16-36-26(30)31/h19-21H,2-18H2,1H3,(H2,29,43)(H,39,42)(H,40,45)(H,41,44)(H4,30,31,36)(H4,32,33,37)(H4,34,35,38)/t19-,20-,21-/m0/s1. The van der Waals surface area contributed by atoms with Crippen molar-refractivity contribution in [3.63, 3.8) is 0 Å². The number of hydrogen-bond donors (Lipinski definition) is 11. The zero-order chi connectivity index (χ0) is 34.0. The molecule has 0 aliphatic heterocycles. The topological polar surface area (TPSA) is 321 Å². The van der Waals surface area contributed by atoms with Crippen LogP contribution in [0.5, 0.6) is 0 Å². The third kappa shape index (κ3) is 22.8. The third-order valence-electron chi connectivity index (χ3n) is 6.83. The van der Waals surface area contributed by atoms with Crippen molar-refractivity contribution in [1.82, 2.24) is 21.3 Å². The molecule has 0 aliphatic carbocycles. The fraction of sp³-hybridized carbons (Fsp3) is 0.750. The summed E-state index contributed by atoms with van der Waals surface area (Å²) in [6.07, 6.45) is 9.26. The van der Waals surface area contributed by atoms with E-state index in [0.717, 1.165) is 19.3 Å². The van der Waals surface area contributed by atoms with Crippen LogP contribution in [0.15, 0.2) is 9.98 Å². The number of unbranched alkanes of at least 4 members (excludes halogenated alkanes) is 6. The normalized spacial score (nSPS) is 12.6. The molecule has 0 aromatic carbocycles. The lowest BCUT2D eigenvalue weighted by Gasteiger charge is -2.25. The van der Waals surface area contributed by atoms with E-state index >= 15 is 0 Å². The molecule has 3 atom stereocenters. The Morgan fingerprint density at radius 1 is 0.622 bits per heavy atom. The predicted molar refractivity (Wildman–Crippen MR) is 177 cm³/mol. The summed E-state index contributed by atoms with van der Waals surface area (Å²) >= 11 is 0. The molecule has 17 nitrogen and oxygen atoms in total. The number of guanidine groups is 3. The van der Waals surface area contributed by atoms with E-state index in [1.165, 1.54) is 19.3 Å². The smallest absolute Gasteiger partial charge is 0.243 e. The van der Waals surface area contributed by atoms with Crippen LogP contribution in [0.1, 0.15) is 96.8 Å². The lowest BCUT2D eigenvalue weighted by Crippen LogP contribution is -2.56. The van der Waals surface area contributed by atoms with Crippen LogP contribution < -0.4 is 55.7 Å². The van der Waals surface area contributed by atoms with E-state index < -0.39 is 35.8 Å². The van der Waals surface area contributed by atoms with Gasteiger partial charge >= 0.3 is 0 Å². The van der Waals surface area contributed by atoms with Crippen molar-refractivity contribution in [2.45, 2.75) is 115 Å². The van der Waals surface area contributed by atoms with Gasteiger partial charge in [-0.3, -0.25) is 34.6 Å². The van der Waals surface area contributed by atoms with Crippen LogP contribution in [0.3, 0.4) is 0 Å². The Kier molecular flexibility index (Phi) is 22.7. The lowest BCUT2D eigenvalue weighted by molar-refractivity contribution is -0.133. The van der Waals surface area contributed by atoms with E-state index in [9.17, 15) is 19.2 Å². The molecule has 0 saturated heterocycles. The number of nitrogens with one attached hydrogen (secondary N) is 5. The number of primary amides is 1. The summed E-state index contributed by atoms with van der Waals surface area (Å²) in [5.41, 5.74) is 32.3. The molecule has 0 aliphatic rings. The van der Waals surface area contributed by atoms with Gasteiger partial charge in [0.1, 0.15) is 18.1 Å². The molecule has 0 bridgehead atoms. The molecule has 258 valence electrons. The first-order chi connectivity index (χ1) is 21.4. The van der Waals surface area contributed by atoms with Crippen molar-refractivity contribution in [1.29, 1.82) is 5.41 Å². The highest BCUT2D eigenvalue weighted by molar-refractivity contribution is 5.94. The van der Waals surface area contributed by atoms with Crippen molar-refractivity contribution in [3.8, 4) is 0 Å². The highest BCUT2D eigenvalue weighted by atomic mass is 16.2. The Morgan fingerprint density at radius 3 is 1.60 bits per heavy atom. The lowest BCUT2D eigenvalue weighted by atomic mass is 10.0. The molecule has 4 amide bonds. The Bertz CT molecular complexity index is 966. The highest BCUT2D eigenvalue weighted by Crippen LogP contribution is 2.10. The molecule has 0 rings (SSSR count). The molecule has 17 heteroatoms. The van der Waals surface area contributed by atoms with Crippen LogP contribution in [0.25, 0.3) is 0 Å². The summed E-state index contributed by atoms with van der Waals surface area (Å²) in [7, 11) is 0. The maximum absolute atomic E-state index is 13.4. The zero-order valence-electron chi connectivity index (χ0n) is 26.7. The van der Waals surface area contributed by atoms with Gasteiger partial charge in [0.05, 0.1) is 0 Å². The second-order valence-electron chi connectivity index (χ2n) is 10.9. The maximum atomic E-state index is 13.4. The fourth-order valence-corrected chi connectivity index (χ4v) is 4.41. The number of rotatable bonds is 26. The number of amides is 4. The van der Waals surface area contributed by atoms with Crippen LogP contribution in [-0.4, -0.2) is 79.3 Å². The molecule has 0 radical (unpaired) electrons. The number of nitrogens with two attached hydrogens (primary N) is 6. The number of hydrogen-bond acceptors (Lipinski definition) is 7. The SMILES string of the molecule is CCCCCCCCCC(=O)N[C@@H](CCCN=C(N)N)C(=O)N[C@@H](CCCNC(=N)N)C(=O)N[C@@H](CCCN=C(N)N)C(N)=O. The third-order valence-corrected chi connectivity index (χ3v) is 6.83. The molecule has 0 spiro atoms. The average molecular weight is 640 g/mol. The van der Waals surface area contributed by atoms with Gasteiger partial charge in [0.25, 0.3) is 0 Å². The van der Waals surface area contributed by atoms with E-state index in [-0.39, 0.29) is 69.1 Å². The Labute approximate surface area is 266 Å². The molecule has 0 heterocycles. The molecule has 0 aromatic rings. The summed E-state index contributed by atoms with van der Waals surface area (Å²) in [5.74, 6) is -2.66. The van der Waals surface area contributed by atoms with Crippen molar-refractivity contribution in [2.24, 2.45) is 44.4 Å².